The van der Waals surface area contributed by atoms with Crippen molar-refractivity contribution in [2.45, 2.75) is 59.1 Å². The number of aliphatic hydroxyl groups excluding tert-OH is 1. The van der Waals surface area contributed by atoms with Crippen molar-refractivity contribution in [3.05, 3.63) is 52.8 Å². The van der Waals surface area contributed by atoms with E-state index in [1.807, 2.05) is 24.6 Å². The molecule has 0 spiro atoms. The largest absolute Gasteiger partial charge is 0.386 e. The number of aliphatic hydroxyl groups is 1. The standard InChI is InChI=1S/C18H26N2O/c1-6-20-16(11-13(2)19-20)17(21)12-14-7-9-15(10-8-14)18(3,4)5/h7-11,17,21H,6,12H2,1-5H3. The first-order valence-corrected chi connectivity index (χ1v) is 7.63. The van der Waals surface area contributed by atoms with E-state index in [-0.39, 0.29) is 5.41 Å². The summed E-state index contributed by atoms with van der Waals surface area (Å²) in [6.07, 6.45) is 0.113. The van der Waals surface area contributed by atoms with Gasteiger partial charge in [0.1, 0.15) is 0 Å². The van der Waals surface area contributed by atoms with Crippen molar-refractivity contribution < 1.29 is 5.11 Å². The van der Waals surface area contributed by atoms with Crippen LogP contribution in [0.2, 0.25) is 0 Å². The summed E-state index contributed by atoms with van der Waals surface area (Å²) in [5, 5.41) is 14.9. The van der Waals surface area contributed by atoms with Crippen molar-refractivity contribution in [2.75, 3.05) is 0 Å². The molecule has 2 rings (SSSR count). The summed E-state index contributed by atoms with van der Waals surface area (Å²) in [4.78, 5) is 0. The summed E-state index contributed by atoms with van der Waals surface area (Å²) in [5.41, 5.74) is 4.48. The molecule has 1 atom stereocenters. The van der Waals surface area contributed by atoms with Crippen molar-refractivity contribution in [2.24, 2.45) is 0 Å². The molecule has 1 N–H and O–H groups in total. The zero-order valence-corrected chi connectivity index (χ0v) is 13.7. The maximum Gasteiger partial charge on any atom is 0.0996 e. The van der Waals surface area contributed by atoms with Crippen LogP contribution in [0.15, 0.2) is 30.3 Å². The number of aryl methyl sites for hydroxylation is 2. The van der Waals surface area contributed by atoms with Gasteiger partial charge in [0.15, 0.2) is 0 Å². The average Bonchev–Trinajstić information content (AvgIpc) is 2.79. The molecule has 3 heteroatoms. The Hall–Kier alpha value is -1.61. The Morgan fingerprint density at radius 2 is 1.81 bits per heavy atom. The Balaban J connectivity index is 2.14. The van der Waals surface area contributed by atoms with Gasteiger partial charge in [-0.1, -0.05) is 45.0 Å². The van der Waals surface area contributed by atoms with Crippen LogP contribution < -0.4 is 0 Å². The van der Waals surface area contributed by atoms with Crippen molar-refractivity contribution in [3.8, 4) is 0 Å². The van der Waals surface area contributed by atoms with Gasteiger partial charge in [-0.15, -0.1) is 0 Å². The third-order valence-corrected chi connectivity index (χ3v) is 3.82. The van der Waals surface area contributed by atoms with E-state index in [1.54, 1.807) is 0 Å². The highest BCUT2D eigenvalue weighted by Crippen LogP contribution is 2.24. The average molecular weight is 286 g/mol. The van der Waals surface area contributed by atoms with Crippen LogP contribution in [-0.4, -0.2) is 14.9 Å². The number of benzene rings is 1. The van der Waals surface area contributed by atoms with Gasteiger partial charge >= 0.3 is 0 Å². The summed E-state index contributed by atoms with van der Waals surface area (Å²) in [7, 11) is 0. The number of rotatable bonds is 4. The Morgan fingerprint density at radius 3 is 2.33 bits per heavy atom. The van der Waals surface area contributed by atoms with E-state index in [4.69, 9.17) is 0 Å². The molecule has 0 fully saturated rings. The molecule has 0 aliphatic carbocycles. The lowest BCUT2D eigenvalue weighted by molar-refractivity contribution is 0.167. The minimum atomic E-state index is -0.508. The molecule has 0 saturated heterocycles. The SMILES string of the molecule is CCn1nc(C)cc1C(O)Cc1ccc(C(C)(C)C)cc1. The maximum atomic E-state index is 10.5. The highest BCUT2D eigenvalue weighted by Gasteiger charge is 2.16. The van der Waals surface area contributed by atoms with Crippen LogP contribution in [0.1, 0.15) is 56.3 Å². The molecule has 2 aromatic rings. The van der Waals surface area contributed by atoms with Crippen LogP contribution in [0.3, 0.4) is 0 Å². The molecule has 0 amide bonds. The van der Waals surface area contributed by atoms with Gasteiger partial charge in [0.05, 0.1) is 17.5 Å². The van der Waals surface area contributed by atoms with Crippen LogP contribution in [0.4, 0.5) is 0 Å². The fourth-order valence-electron chi connectivity index (χ4n) is 2.56. The molecule has 1 heterocycles. The van der Waals surface area contributed by atoms with Gasteiger partial charge in [-0.05, 0) is 36.5 Å². The molecule has 3 nitrogen and oxygen atoms in total. The predicted octanol–water partition coefficient (Wildman–Crippen LogP) is 3.79. The lowest BCUT2D eigenvalue weighted by Gasteiger charge is -2.19. The Morgan fingerprint density at radius 1 is 1.19 bits per heavy atom. The molecule has 21 heavy (non-hydrogen) atoms. The van der Waals surface area contributed by atoms with E-state index in [2.05, 4.69) is 50.1 Å². The van der Waals surface area contributed by atoms with Gasteiger partial charge in [0, 0.05) is 13.0 Å². The molecule has 0 aliphatic heterocycles. The Kier molecular flexibility index (Phi) is 4.52. The summed E-state index contributed by atoms with van der Waals surface area (Å²) in [6.45, 7) is 11.4. The Labute approximate surface area is 127 Å². The van der Waals surface area contributed by atoms with E-state index in [1.165, 1.54) is 5.56 Å². The lowest BCUT2D eigenvalue weighted by Crippen LogP contribution is -2.12. The third kappa shape index (κ3) is 3.73. The highest BCUT2D eigenvalue weighted by molar-refractivity contribution is 5.28. The zero-order valence-electron chi connectivity index (χ0n) is 13.7. The monoisotopic (exact) mass is 286 g/mol. The predicted molar refractivity (Wildman–Crippen MR) is 86.4 cm³/mol. The molecular weight excluding hydrogens is 260 g/mol. The van der Waals surface area contributed by atoms with Gasteiger partial charge in [-0.25, -0.2) is 0 Å². The summed E-state index contributed by atoms with van der Waals surface area (Å²) >= 11 is 0. The molecule has 0 radical (unpaired) electrons. The number of nitrogens with zero attached hydrogens (tertiary/aromatic N) is 2. The van der Waals surface area contributed by atoms with Crippen molar-refractivity contribution in [3.63, 3.8) is 0 Å². The number of aromatic nitrogens is 2. The van der Waals surface area contributed by atoms with Crippen LogP contribution in [-0.2, 0) is 18.4 Å². The lowest BCUT2D eigenvalue weighted by atomic mass is 9.86. The van der Waals surface area contributed by atoms with Gasteiger partial charge in [-0.2, -0.15) is 5.10 Å². The molecule has 0 bridgehead atoms. The highest BCUT2D eigenvalue weighted by atomic mass is 16.3. The second kappa shape index (κ2) is 6.02. The van der Waals surface area contributed by atoms with Crippen molar-refractivity contribution >= 4 is 0 Å². The van der Waals surface area contributed by atoms with Gasteiger partial charge in [-0.3, -0.25) is 4.68 Å². The quantitative estimate of drug-likeness (QED) is 0.928. The second-order valence-corrected chi connectivity index (χ2v) is 6.69. The van der Waals surface area contributed by atoms with Crippen LogP contribution in [0.25, 0.3) is 0 Å². The van der Waals surface area contributed by atoms with E-state index in [9.17, 15) is 5.11 Å². The number of hydrogen-bond acceptors (Lipinski definition) is 2. The normalized spacial score (nSPS) is 13.4. The smallest absolute Gasteiger partial charge is 0.0996 e. The molecule has 114 valence electrons. The van der Waals surface area contributed by atoms with E-state index in [0.29, 0.717) is 6.42 Å². The van der Waals surface area contributed by atoms with E-state index >= 15 is 0 Å². The maximum absolute atomic E-state index is 10.5. The first-order chi connectivity index (χ1) is 9.81. The topological polar surface area (TPSA) is 38.0 Å². The van der Waals surface area contributed by atoms with Crippen molar-refractivity contribution in [1.29, 1.82) is 0 Å². The van der Waals surface area contributed by atoms with Crippen molar-refractivity contribution in [1.82, 2.24) is 9.78 Å². The van der Waals surface area contributed by atoms with Crippen LogP contribution >= 0.6 is 0 Å². The van der Waals surface area contributed by atoms with Crippen LogP contribution in [0, 0.1) is 6.92 Å². The summed E-state index contributed by atoms with van der Waals surface area (Å²) in [5.74, 6) is 0. The van der Waals surface area contributed by atoms with Gasteiger partial charge in [0.2, 0.25) is 0 Å². The third-order valence-electron chi connectivity index (χ3n) is 3.82. The fraction of sp³-hybridized carbons (Fsp3) is 0.500. The summed E-state index contributed by atoms with van der Waals surface area (Å²) < 4.78 is 1.88. The molecule has 1 aromatic carbocycles. The Bertz CT molecular complexity index is 591. The second-order valence-electron chi connectivity index (χ2n) is 6.69. The van der Waals surface area contributed by atoms with Gasteiger partial charge in [0.25, 0.3) is 0 Å². The first-order valence-electron chi connectivity index (χ1n) is 7.63. The fourth-order valence-corrected chi connectivity index (χ4v) is 2.56. The minimum Gasteiger partial charge on any atom is -0.386 e. The molecular formula is C18H26N2O. The summed E-state index contributed by atoms with van der Waals surface area (Å²) in [6, 6.07) is 10.5. The van der Waals surface area contributed by atoms with E-state index < -0.39 is 6.10 Å². The molecule has 1 unspecified atom stereocenters. The molecule has 0 aliphatic rings. The first kappa shape index (κ1) is 15.8. The van der Waals surface area contributed by atoms with Crippen LogP contribution in [0.5, 0.6) is 0 Å². The minimum absolute atomic E-state index is 0.162. The van der Waals surface area contributed by atoms with Gasteiger partial charge < -0.3 is 5.11 Å². The number of hydrogen-bond donors (Lipinski definition) is 1. The zero-order chi connectivity index (χ0) is 15.6. The van der Waals surface area contributed by atoms with E-state index in [0.717, 1.165) is 23.5 Å². The molecule has 0 saturated carbocycles. The molecule has 1 aromatic heterocycles.